The number of anilines is 1. The van der Waals surface area contributed by atoms with Gasteiger partial charge in [0, 0.05) is 19.0 Å². The van der Waals surface area contributed by atoms with Crippen molar-refractivity contribution >= 4 is 17.6 Å². The summed E-state index contributed by atoms with van der Waals surface area (Å²) in [5, 5.41) is 6.52. The highest BCUT2D eigenvalue weighted by atomic mass is 16.5. The molecular formula is C20H25N3O3. The summed E-state index contributed by atoms with van der Waals surface area (Å²) in [6.07, 6.45) is 3.66. The fourth-order valence-corrected chi connectivity index (χ4v) is 3.44. The third kappa shape index (κ3) is 4.31. The second kappa shape index (κ2) is 8.17. The van der Waals surface area contributed by atoms with Gasteiger partial charge in [0.25, 0.3) is 0 Å². The van der Waals surface area contributed by atoms with Gasteiger partial charge in [0.05, 0.1) is 0 Å². The van der Waals surface area contributed by atoms with Crippen LogP contribution in [0.25, 0.3) is 0 Å². The number of hydrogen-bond acceptors (Lipinski definition) is 4. The second-order valence-corrected chi connectivity index (χ2v) is 6.84. The lowest BCUT2D eigenvalue weighted by molar-refractivity contribution is -0.136. The number of aromatic nitrogens is 1. The minimum atomic E-state index is -0.419. The maximum absolute atomic E-state index is 12.6. The van der Waals surface area contributed by atoms with Gasteiger partial charge in [0.2, 0.25) is 11.8 Å². The molecule has 1 aromatic carbocycles. The molecule has 138 valence electrons. The van der Waals surface area contributed by atoms with Crippen molar-refractivity contribution in [3.63, 3.8) is 0 Å². The summed E-state index contributed by atoms with van der Waals surface area (Å²) in [6, 6.07) is 9.49. The molecule has 1 aromatic heterocycles. The molecule has 2 heterocycles. The molecule has 26 heavy (non-hydrogen) atoms. The SMILES string of the molecule is Cc1cc(NC(=O)C2CCCN2C(=O)CCCc2ccccc2C)no1. The number of carbonyl (C=O) groups is 2. The van der Waals surface area contributed by atoms with E-state index in [1.165, 1.54) is 11.1 Å². The van der Waals surface area contributed by atoms with Gasteiger partial charge < -0.3 is 14.7 Å². The maximum atomic E-state index is 12.6. The molecule has 2 aromatic rings. The van der Waals surface area contributed by atoms with Crippen LogP contribution in [0.1, 0.15) is 42.6 Å². The van der Waals surface area contributed by atoms with Gasteiger partial charge in [-0.3, -0.25) is 9.59 Å². The normalized spacial score (nSPS) is 16.7. The van der Waals surface area contributed by atoms with Crippen molar-refractivity contribution < 1.29 is 14.1 Å². The Balaban J connectivity index is 1.52. The first-order valence-electron chi connectivity index (χ1n) is 9.13. The molecule has 0 bridgehead atoms. The van der Waals surface area contributed by atoms with Crippen molar-refractivity contribution in [2.75, 3.05) is 11.9 Å². The number of rotatable bonds is 6. The van der Waals surface area contributed by atoms with Crippen LogP contribution >= 0.6 is 0 Å². The van der Waals surface area contributed by atoms with E-state index in [4.69, 9.17) is 4.52 Å². The van der Waals surface area contributed by atoms with Gasteiger partial charge in [-0.05, 0) is 50.7 Å². The van der Waals surface area contributed by atoms with Crippen molar-refractivity contribution in [2.45, 2.75) is 52.0 Å². The molecule has 1 atom stereocenters. The zero-order valence-corrected chi connectivity index (χ0v) is 15.3. The first kappa shape index (κ1) is 18.2. The molecule has 6 nitrogen and oxygen atoms in total. The largest absolute Gasteiger partial charge is 0.360 e. The van der Waals surface area contributed by atoms with Crippen LogP contribution in [0.5, 0.6) is 0 Å². The molecule has 1 unspecified atom stereocenters. The van der Waals surface area contributed by atoms with Gasteiger partial charge in [-0.2, -0.15) is 0 Å². The predicted molar refractivity (Wildman–Crippen MR) is 98.7 cm³/mol. The minimum absolute atomic E-state index is 0.0487. The summed E-state index contributed by atoms with van der Waals surface area (Å²) in [4.78, 5) is 26.8. The van der Waals surface area contributed by atoms with Crippen LogP contribution in [0.3, 0.4) is 0 Å². The number of nitrogens with zero attached hydrogens (tertiary/aromatic N) is 2. The number of nitrogens with one attached hydrogen (secondary N) is 1. The number of aryl methyl sites for hydroxylation is 3. The van der Waals surface area contributed by atoms with Crippen molar-refractivity contribution in [3.05, 3.63) is 47.2 Å². The first-order valence-corrected chi connectivity index (χ1v) is 9.13. The second-order valence-electron chi connectivity index (χ2n) is 6.84. The van der Waals surface area contributed by atoms with E-state index >= 15 is 0 Å². The molecule has 1 fully saturated rings. The lowest BCUT2D eigenvalue weighted by Crippen LogP contribution is -2.43. The highest BCUT2D eigenvalue weighted by Crippen LogP contribution is 2.21. The Bertz CT molecular complexity index is 784. The van der Waals surface area contributed by atoms with E-state index in [1.54, 1.807) is 17.9 Å². The van der Waals surface area contributed by atoms with Gasteiger partial charge >= 0.3 is 0 Å². The van der Waals surface area contributed by atoms with Crippen molar-refractivity contribution in [1.82, 2.24) is 10.1 Å². The Hall–Kier alpha value is -2.63. The van der Waals surface area contributed by atoms with E-state index in [2.05, 4.69) is 29.5 Å². The summed E-state index contributed by atoms with van der Waals surface area (Å²) < 4.78 is 4.96. The van der Waals surface area contributed by atoms with Gasteiger partial charge in [-0.1, -0.05) is 29.4 Å². The molecule has 2 amide bonds. The molecule has 0 aliphatic carbocycles. The average Bonchev–Trinajstić information content (AvgIpc) is 3.25. The standard InChI is InChI=1S/C20H25N3O3/c1-14-7-3-4-8-16(14)9-5-11-19(24)23-12-6-10-17(23)20(25)21-18-13-15(2)26-22-18/h3-4,7-8,13,17H,5-6,9-12H2,1-2H3,(H,21,22,25). The lowest BCUT2D eigenvalue weighted by Gasteiger charge is -2.23. The first-order chi connectivity index (χ1) is 12.5. The summed E-state index contributed by atoms with van der Waals surface area (Å²) in [5.74, 6) is 0.887. The van der Waals surface area contributed by atoms with Crippen molar-refractivity contribution in [3.8, 4) is 0 Å². The van der Waals surface area contributed by atoms with Crippen LogP contribution in [-0.2, 0) is 16.0 Å². The van der Waals surface area contributed by atoms with Crippen LogP contribution in [0.15, 0.2) is 34.9 Å². The Kier molecular flexibility index (Phi) is 5.71. The Morgan fingerprint density at radius 3 is 2.85 bits per heavy atom. The topological polar surface area (TPSA) is 75.4 Å². The lowest BCUT2D eigenvalue weighted by atomic mass is 10.0. The number of amides is 2. The van der Waals surface area contributed by atoms with Gasteiger partial charge in [0.1, 0.15) is 11.8 Å². The fraction of sp³-hybridized carbons (Fsp3) is 0.450. The molecule has 1 aliphatic heterocycles. The molecular weight excluding hydrogens is 330 g/mol. The van der Waals surface area contributed by atoms with E-state index in [0.717, 1.165) is 19.3 Å². The van der Waals surface area contributed by atoms with Gasteiger partial charge in [-0.25, -0.2) is 0 Å². The number of benzene rings is 1. The van der Waals surface area contributed by atoms with Crippen LogP contribution < -0.4 is 5.32 Å². The Morgan fingerprint density at radius 1 is 1.31 bits per heavy atom. The molecule has 1 N–H and O–H groups in total. The quantitative estimate of drug-likeness (QED) is 0.863. The summed E-state index contributed by atoms with van der Waals surface area (Å²) >= 11 is 0. The van der Waals surface area contributed by atoms with E-state index in [9.17, 15) is 9.59 Å². The Labute approximate surface area is 153 Å². The van der Waals surface area contributed by atoms with E-state index < -0.39 is 6.04 Å². The average molecular weight is 355 g/mol. The highest BCUT2D eigenvalue weighted by Gasteiger charge is 2.34. The van der Waals surface area contributed by atoms with Crippen LogP contribution in [-0.4, -0.2) is 34.5 Å². The van der Waals surface area contributed by atoms with Crippen LogP contribution in [0.2, 0.25) is 0 Å². The van der Waals surface area contributed by atoms with Crippen molar-refractivity contribution in [2.24, 2.45) is 0 Å². The summed E-state index contributed by atoms with van der Waals surface area (Å²) in [5.41, 5.74) is 2.53. The molecule has 0 radical (unpaired) electrons. The monoisotopic (exact) mass is 355 g/mol. The highest BCUT2D eigenvalue weighted by molar-refractivity contribution is 5.96. The van der Waals surface area contributed by atoms with E-state index in [0.29, 0.717) is 31.0 Å². The molecule has 6 heteroatoms. The fourth-order valence-electron chi connectivity index (χ4n) is 3.44. The Morgan fingerprint density at radius 2 is 2.12 bits per heavy atom. The van der Waals surface area contributed by atoms with Gasteiger partial charge in [0.15, 0.2) is 5.82 Å². The third-order valence-corrected chi connectivity index (χ3v) is 4.85. The molecule has 0 saturated carbocycles. The smallest absolute Gasteiger partial charge is 0.248 e. The number of hydrogen-bond donors (Lipinski definition) is 1. The molecule has 1 aliphatic rings. The van der Waals surface area contributed by atoms with Crippen molar-refractivity contribution in [1.29, 1.82) is 0 Å². The van der Waals surface area contributed by atoms with E-state index in [-0.39, 0.29) is 11.8 Å². The summed E-state index contributed by atoms with van der Waals surface area (Å²) in [6.45, 7) is 4.49. The summed E-state index contributed by atoms with van der Waals surface area (Å²) in [7, 11) is 0. The molecule has 0 spiro atoms. The predicted octanol–water partition coefficient (Wildman–Crippen LogP) is 3.24. The van der Waals surface area contributed by atoms with E-state index in [1.807, 2.05) is 12.1 Å². The number of likely N-dealkylation sites (tertiary alicyclic amines) is 1. The van der Waals surface area contributed by atoms with Crippen LogP contribution in [0.4, 0.5) is 5.82 Å². The van der Waals surface area contributed by atoms with Gasteiger partial charge in [-0.15, -0.1) is 0 Å². The zero-order chi connectivity index (χ0) is 18.5. The molecule has 1 saturated heterocycles. The maximum Gasteiger partial charge on any atom is 0.248 e. The minimum Gasteiger partial charge on any atom is -0.360 e. The third-order valence-electron chi connectivity index (χ3n) is 4.85. The number of carbonyl (C=O) groups excluding carboxylic acids is 2. The molecule has 3 rings (SSSR count). The zero-order valence-electron chi connectivity index (χ0n) is 15.3. The van der Waals surface area contributed by atoms with Crippen LogP contribution in [0, 0.1) is 13.8 Å².